The van der Waals surface area contributed by atoms with Crippen molar-refractivity contribution in [2.75, 3.05) is 55.4 Å². The molecule has 0 bridgehead atoms. The van der Waals surface area contributed by atoms with E-state index in [4.69, 9.17) is 14.2 Å². The summed E-state index contributed by atoms with van der Waals surface area (Å²) in [5.74, 6) is -0.480. The van der Waals surface area contributed by atoms with Crippen molar-refractivity contribution >= 4 is 21.2 Å². The van der Waals surface area contributed by atoms with Crippen LogP contribution in [-0.2, 0) is 31.6 Å². The lowest BCUT2D eigenvalue weighted by atomic mass is 10.1. The standard InChI is InChI=1S/C36H42N8O6S/c1-4-27(2)44-35(45)42(26-39-44)31-9-7-29(8-10-31)40-19-21-41(22-20-40)30-11-13-32(14-12-30)48-23-33-24-49-36(50-33,25-43-37-17-18-38-43)28-5-15-34(16-6-28)51(3,46)47/h5-18,26-27,33H,4,19-25H2,1-3H3. The van der Waals surface area contributed by atoms with Crippen molar-refractivity contribution in [1.29, 1.82) is 0 Å². The van der Waals surface area contributed by atoms with Crippen molar-refractivity contribution in [2.45, 2.75) is 49.6 Å². The van der Waals surface area contributed by atoms with Crippen molar-refractivity contribution in [1.82, 2.24) is 29.3 Å². The molecule has 0 radical (unpaired) electrons. The summed E-state index contributed by atoms with van der Waals surface area (Å²) < 4.78 is 45.9. The van der Waals surface area contributed by atoms with Crippen molar-refractivity contribution in [2.24, 2.45) is 0 Å². The molecule has 2 aliphatic heterocycles. The van der Waals surface area contributed by atoms with Gasteiger partial charge in [-0.25, -0.2) is 22.5 Å². The molecule has 5 aromatic rings. The first-order valence-corrected chi connectivity index (χ1v) is 19.0. The van der Waals surface area contributed by atoms with Crippen LogP contribution in [0.5, 0.6) is 5.75 Å². The van der Waals surface area contributed by atoms with E-state index in [1.54, 1.807) is 47.6 Å². The molecular weight excluding hydrogens is 673 g/mol. The Hall–Kier alpha value is -4.99. The molecule has 14 nitrogen and oxygen atoms in total. The summed E-state index contributed by atoms with van der Waals surface area (Å²) in [6.07, 6.45) is 6.39. The Morgan fingerprint density at radius 2 is 1.45 bits per heavy atom. The predicted octanol–water partition coefficient (Wildman–Crippen LogP) is 3.67. The smallest absolute Gasteiger partial charge is 0.350 e. The molecule has 0 amide bonds. The van der Waals surface area contributed by atoms with Crippen molar-refractivity contribution in [3.05, 3.63) is 108 Å². The summed E-state index contributed by atoms with van der Waals surface area (Å²) in [5, 5.41) is 12.7. The Bertz CT molecular complexity index is 2070. The van der Waals surface area contributed by atoms with Crippen LogP contribution >= 0.6 is 0 Å². The van der Waals surface area contributed by atoms with Crippen LogP contribution in [0.1, 0.15) is 31.9 Å². The minimum absolute atomic E-state index is 0.0568. The van der Waals surface area contributed by atoms with Crippen LogP contribution < -0.4 is 20.2 Å². The molecule has 3 aromatic carbocycles. The molecule has 0 aliphatic carbocycles. The van der Waals surface area contributed by atoms with Gasteiger partial charge in [0.15, 0.2) is 9.84 Å². The Labute approximate surface area is 296 Å². The number of piperazine rings is 1. The fourth-order valence-electron chi connectivity index (χ4n) is 6.40. The zero-order valence-electron chi connectivity index (χ0n) is 28.9. The van der Waals surface area contributed by atoms with Crippen LogP contribution in [0, 0.1) is 0 Å². The fourth-order valence-corrected chi connectivity index (χ4v) is 7.03. The van der Waals surface area contributed by atoms with E-state index in [-0.39, 0.29) is 42.5 Å². The summed E-state index contributed by atoms with van der Waals surface area (Å²) in [6, 6.07) is 22.7. The highest BCUT2D eigenvalue weighted by molar-refractivity contribution is 7.90. The molecule has 15 heteroatoms. The van der Waals surface area contributed by atoms with Gasteiger partial charge in [0.2, 0.25) is 5.79 Å². The molecule has 2 saturated heterocycles. The maximum absolute atomic E-state index is 12.8. The number of sulfone groups is 1. The second kappa shape index (κ2) is 14.3. The maximum Gasteiger partial charge on any atom is 0.350 e. The third-order valence-electron chi connectivity index (χ3n) is 9.51. The van der Waals surface area contributed by atoms with E-state index < -0.39 is 15.6 Å². The first kappa shape index (κ1) is 34.5. The lowest BCUT2D eigenvalue weighted by molar-refractivity contribution is -0.192. The molecule has 4 heterocycles. The topological polar surface area (TPSA) is 139 Å². The van der Waals surface area contributed by atoms with E-state index in [9.17, 15) is 13.2 Å². The lowest BCUT2D eigenvalue weighted by Gasteiger charge is -2.37. The first-order valence-electron chi connectivity index (χ1n) is 17.1. The van der Waals surface area contributed by atoms with E-state index in [1.807, 2.05) is 38.1 Å². The van der Waals surface area contributed by atoms with Gasteiger partial charge in [0.25, 0.3) is 0 Å². The Kier molecular flexibility index (Phi) is 9.68. The number of ether oxygens (including phenoxy) is 3. The summed E-state index contributed by atoms with van der Waals surface area (Å²) in [5.41, 5.74) is 3.59. The Morgan fingerprint density at radius 1 is 0.863 bits per heavy atom. The highest BCUT2D eigenvalue weighted by atomic mass is 32.2. The maximum atomic E-state index is 12.8. The van der Waals surface area contributed by atoms with Gasteiger partial charge >= 0.3 is 5.69 Å². The number of rotatable bonds is 12. The van der Waals surface area contributed by atoms with Crippen molar-refractivity contribution < 1.29 is 22.6 Å². The highest BCUT2D eigenvalue weighted by Gasteiger charge is 2.45. The summed E-state index contributed by atoms with van der Waals surface area (Å²) in [4.78, 5) is 19.2. The number of hydrogen-bond donors (Lipinski definition) is 0. The molecule has 268 valence electrons. The van der Waals surface area contributed by atoms with Gasteiger partial charge in [-0.3, -0.25) is 0 Å². The quantitative estimate of drug-likeness (QED) is 0.187. The molecule has 0 spiro atoms. The molecule has 2 aliphatic rings. The third-order valence-corrected chi connectivity index (χ3v) is 10.6. The molecule has 51 heavy (non-hydrogen) atoms. The third kappa shape index (κ3) is 7.41. The molecule has 3 atom stereocenters. The monoisotopic (exact) mass is 714 g/mol. The first-order chi connectivity index (χ1) is 24.6. The summed E-state index contributed by atoms with van der Waals surface area (Å²) in [7, 11) is -3.35. The number of anilines is 2. The van der Waals surface area contributed by atoms with E-state index in [2.05, 4.69) is 49.4 Å². The van der Waals surface area contributed by atoms with Crippen LogP contribution in [0.15, 0.2) is 101 Å². The Morgan fingerprint density at radius 3 is 2.04 bits per heavy atom. The van der Waals surface area contributed by atoms with Crippen molar-refractivity contribution in [3.8, 4) is 11.4 Å². The van der Waals surface area contributed by atoms with Gasteiger partial charge in [-0.15, -0.1) is 0 Å². The molecule has 2 fully saturated rings. The van der Waals surface area contributed by atoms with Gasteiger partial charge in [-0.1, -0.05) is 19.1 Å². The molecule has 2 aromatic heterocycles. The number of hydrogen-bond acceptors (Lipinski definition) is 11. The van der Waals surface area contributed by atoms with Crippen LogP contribution in [-0.4, -0.2) is 89.5 Å². The van der Waals surface area contributed by atoms with E-state index in [1.165, 1.54) is 15.7 Å². The minimum Gasteiger partial charge on any atom is -0.491 e. The molecule has 7 rings (SSSR count). The van der Waals surface area contributed by atoms with Gasteiger partial charge in [0.1, 0.15) is 31.3 Å². The Balaban J connectivity index is 0.927. The fraction of sp³-hybridized carbons (Fsp3) is 0.389. The molecule has 0 saturated carbocycles. The van der Waals surface area contributed by atoms with Crippen LogP contribution in [0.4, 0.5) is 11.4 Å². The minimum atomic E-state index is -3.35. The second-order valence-corrected chi connectivity index (χ2v) is 15.0. The van der Waals surface area contributed by atoms with Gasteiger partial charge in [0.05, 0.1) is 35.6 Å². The number of aromatic nitrogens is 6. The average Bonchev–Trinajstić information content (AvgIpc) is 3.92. The molecule has 3 unspecified atom stereocenters. The van der Waals surface area contributed by atoms with Crippen LogP contribution in [0.2, 0.25) is 0 Å². The van der Waals surface area contributed by atoms with Gasteiger partial charge in [-0.05, 0) is 74.0 Å². The van der Waals surface area contributed by atoms with E-state index in [0.717, 1.165) is 55.4 Å². The SMILES string of the molecule is CCC(C)n1ncn(-c2ccc(N3CCN(c4ccc(OCC5COC(Cn6nccn6)(c6ccc(S(C)(=O)=O)cc6)O5)cc4)CC3)cc2)c1=O. The average molecular weight is 715 g/mol. The van der Waals surface area contributed by atoms with Gasteiger partial charge in [-0.2, -0.15) is 20.1 Å². The summed E-state index contributed by atoms with van der Waals surface area (Å²) in [6.45, 7) is 8.25. The largest absolute Gasteiger partial charge is 0.491 e. The number of nitrogens with zero attached hydrogens (tertiary/aromatic N) is 8. The van der Waals surface area contributed by atoms with E-state index in [0.29, 0.717) is 5.56 Å². The molecular formula is C36H42N8O6S. The van der Waals surface area contributed by atoms with Crippen LogP contribution in [0.3, 0.4) is 0 Å². The highest BCUT2D eigenvalue weighted by Crippen LogP contribution is 2.36. The van der Waals surface area contributed by atoms with Gasteiger partial charge in [0, 0.05) is 49.4 Å². The van der Waals surface area contributed by atoms with Gasteiger partial charge < -0.3 is 24.0 Å². The zero-order valence-corrected chi connectivity index (χ0v) is 29.7. The summed E-state index contributed by atoms with van der Waals surface area (Å²) >= 11 is 0. The zero-order chi connectivity index (χ0) is 35.6. The molecule has 0 N–H and O–H groups in total. The normalized spacial score (nSPS) is 20.1. The van der Waals surface area contributed by atoms with Crippen molar-refractivity contribution in [3.63, 3.8) is 0 Å². The second-order valence-electron chi connectivity index (χ2n) is 12.9. The van der Waals surface area contributed by atoms with E-state index >= 15 is 0 Å². The lowest BCUT2D eigenvalue weighted by Crippen LogP contribution is -2.46. The number of benzene rings is 3. The predicted molar refractivity (Wildman–Crippen MR) is 191 cm³/mol. The van der Waals surface area contributed by atoms with Crippen LogP contribution in [0.25, 0.3) is 5.69 Å².